The number of halogens is 2. The number of aliphatic hydroxyl groups excluding tert-OH is 1. The van der Waals surface area contributed by atoms with E-state index in [9.17, 15) is 23.6 Å². The van der Waals surface area contributed by atoms with E-state index in [0.29, 0.717) is 5.39 Å². The van der Waals surface area contributed by atoms with Crippen molar-refractivity contribution in [3.63, 3.8) is 0 Å². The van der Waals surface area contributed by atoms with Crippen molar-refractivity contribution in [1.29, 1.82) is 0 Å². The summed E-state index contributed by atoms with van der Waals surface area (Å²) in [6.07, 6.45) is 1.08. The standard InChI is InChI=1S/C19H17F2N3O4/c20-12-5-3-11(14(21)10-12)4-6-15(26)16-17(22-8-9-25)13-2-1-7-23-18(13)24(28)19(16)27/h1-3,5,7,10,22,25,28H,4,6,8-9H2. The Morgan fingerprint density at radius 3 is 2.75 bits per heavy atom. The molecule has 9 heteroatoms. The largest absolute Gasteiger partial charge is 0.423 e. The van der Waals surface area contributed by atoms with Crippen molar-refractivity contribution in [3.05, 3.63) is 69.6 Å². The highest BCUT2D eigenvalue weighted by molar-refractivity contribution is 6.07. The molecule has 0 saturated carbocycles. The van der Waals surface area contributed by atoms with Crippen LogP contribution in [0.4, 0.5) is 14.5 Å². The number of rotatable bonds is 7. The van der Waals surface area contributed by atoms with E-state index in [1.807, 2.05) is 0 Å². The number of benzene rings is 1. The predicted octanol–water partition coefficient (Wildman–Crippen LogP) is 2.13. The third-order valence-corrected chi connectivity index (χ3v) is 4.24. The molecule has 0 spiro atoms. The number of pyridine rings is 2. The van der Waals surface area contributed by atoms with Crippen molar-refractivity contribution < 1.29 is 23.9 Å². The van der Waals surface area contributed by atoms with Crippen LogP contribution in [0.2, 0.25) is 0 Å². The van der Waals surface area contributed by atoms with E-state index >= 15 is 0 Å². The van der Waals surface area contributed by atoms with Crippen LogP contribution in [-0.4, -0.2) is 39.0 Å². The fraction of sp³-hybridized carbons (Fsp3) is 0.211. The Labute approximate surface area is 157 Å². The Morgan fingerprint density at radius 2 is 2.04 bits per heavy atom. The van der Waals surface area contributed by atoms with Crippen LogP contribution >= 0.6 is 0 Å². The number of hydrogen-bond acceptors (Lipinski definition) is 6. The second-order valence-corrected chi connectivity index (χ2v) is 6.05. The van der Waals surface area contributed by atoms with E-state index in [4.69, 9.17) is 5.11 Å². The molecule has 0 unspecified atom stereocenters. The Morgan fingerprint density at radius 1 is 1.25 bits per heavy atom. The first-order valence-electron chi connectivity index (χ1n) is 8.49. The van der Waals surface area contributed by atoms with Crippen LogP contribution in [0.1, 0.15) is 22.3 Å². The number of Topliss-reactive ketones (excluding diaryl/α,β-unsaturated/α-hetero) is 1. The summed E-state index contributed by atoms with van der Waals surface area (Å²) >= 11 is 0. The monoisotopic (exact) mass is 389 g/mol. The molecular weight excluding hydrogens is 372 g/mol. The first-order valence-corrected chi connectivity index (χ1v) is 8.49. The molecule has 0 fully saturated rings. The summed E-state index contributed by atoms with van der Waals surface area (Å²) in [5.74, 6) is -2.15. The fourth-order valence-corrected chi connectivity index (χ4v) is 2.93. The van der Waals surface area contributed by atoms with Gasteiger partial charge in [0.25, 0.3) is 5.56 Å². The molecule has 2 heterocycles. The number of aromatic nitrogens is 2. The normalized spacial score (nSPS) is 11.0. The highest BCUT2D eigenvalue weighted by Gasteiger charge is 2.23. The van der Waals surface area contributed by atoms with Crippen LogP contribution < -0.4 is 10.9 Å². The maximum atomic E-state index is 13.8. The van der Waals surface area contributed by atoms with Crippen molar-refractivity contribution in [2.75, 3.05) is 18.5 Å². The van der Waals surface area contributed by atoms with Crippen molar-refractivity contribution in [1.82, 2.24) is 9.71 Å². The Bertz CT molecular complexity index is 1100. The third-order valence-electron chi connectivity index (χ3n) is 4.24. The Balaban J connectivity index is 2.01. The molecule has 2 aromatic heterocycles. The summed E-state index contributed by atoms with van der Waals surface area (Å²) in [4.78, 5) is 29.2. The van der Waals surface area contributed by atoms with E-state index in [2.05, 4.69) is 10.3 Å². The van der Waals surface area contributed by atoms with E-state index in [1.165, 1.54) is 12.3 Å². The van der Waals surface area contributed by atoms with Crippen LogP contribution in [0.5, 0.6) is 0 Å². The molecule has 0 aliphatic rings. The van der Waals surface area contributed by atoms with Crippen LogP contribution in [0.25, 0.3) is 11.0 Å². The Hall–Kier alpha value is -3.33. The number of ketones is 1. The SMILES string of the molecule is O=C(CCc1ccc(F)cc1F)c1c(NCCO)c2cccnc2n(O)c1=O. The fourth-order valence-electron chi connectivity index (χ4n) is 2.93. The van der Waals surface area contributed by atoms with Gasteiger partial charge in [0, 0.05) is 30.6 Å². The molecule has 28 heavy (non-hydrogen) atoms. The average Bonchev–Trinajstić information content (AvgIpc) is 2.68. The lowest BCUT2D eigenvalue weighted by atomic mass is 10.0. The number of anilines is 1. The number of nitrogens with one attached hydrogen (secondary N) is 1. The summed E-state index contributed by atoms with van der Waals surface area (Å²) in [6.45, 7) is -0.190. The smallest absolute Gasteiger partial charge is 0.297 e. The lowest BCUT2D eigenvalue weighted by molar-refractivity contribution is 0.0976. The van der Waals surface area contributed by atoms with E-state index < -0.39 is 23.0 Å². The zero-order valence-electron chi connectivity index (χ0n) is 14.7. The number of aliphatic hydroxyl groups is 1. The van der Waals surface area contributed by atoms with Crippen molar-refractivity contribution >= 4 is 22.5 Å². The first kappa shape index (κ1) is 19.4. The summed E-state index contributed by atoms with van der Waals surface area (Å²) in [6, 6.07) is 6.16. The number of nitrogens with zero attached hydrogens (tertiary/aromatic N) is 2. The van der Waals surface area contributed by atoms with Gasteiger partial charge in [-0.15, -0.1) is 4.73 Å². The minimum atomic E-state index is -0.976. The van der Waals surface area contributed by atoms with Gasteiger partial charge in [0.05, 0.1) is 12.3 Å². The van der Waals surface area contributed by atoms with Gasteiger partial charge < -0.3 is 15.6 Å². The van der Waals surface area contributed by atoms with E-state index in [1.54, 1.807) is 12.1 Å². The molecule has 1 aromatic carbocycles. The van der Waals surface area contributed by atoms with Gasteiger partial charge in [0.1, 0.15) is 17.2 Å². The minimum Gasteiger partial charge on any atom is -0.423 e. The topological polar surface area (TPSA) is 104 Å². The minimum absolute atomic E-state index is 0.0472. The highest BCUT2D eigenvalue weighted by atomic mass is 19.1. The number of carbonyl (C=O) groups excluding carboxylic acids is 1. The average molecular weight is 389 g/mol. The van der Waals surface area contributed by atoms with Crippen molar-refractivity contribution in [2.24, 2.45) is 0 Å². The van der Waals surface area contributed by atoms with Gasteiger partial charge >= 0.3 is 0 Å². The zero-order valence-corrected chi connectivity index (χ0v) is 14.7. The molecule has 0 atom stereocenters. The van der Waals surface area contributed by atoms with Gasteiger partial charge in [-0.05, 0) is 30.2 Å². The molecule has 3 aromatic rings. The van der Waals surface area contributed by atoms with Crippen LogP contribution in [0.3, 0.4) is 0 Å². The molecule has 0 saturated heterocycles. The summed E-state index contributed by atoms with van der Waals surface area (Å²) in [7, 11) is 0. The highest BCUT2D eigenvalue weighted by Crippen LogP contribution is 2.25. The molecule has 7 nitrogen and oxygen atoms in total. The third kappa shape index (κ3) is 3.70. The summed E-state index contributed by atoms with van der Waals surface area (Å²) in [5.41, 5.74) is -1.08. The molecular formula is C19H17F2N3O4. The molecule has 3 rings (SSSR count). The van der Waals surface area contributed by atoms with Gasteiger partial charge in [-0.1, -0.05) is 6.07 Å². The number of aryl methyl sites for hydroxylation is 1. The second-order valence-electron chi connectivity index (χ2n) is 6.05. The lowest BCUT2D eigenvalue weighted by Gasteiger charge is -2.14. The van der Waals surface area contributed by atoms with Gasteiger partial charge in [0.2, 0.25) is 0 Å². The van der Waals surface area contributed by atoms with Gasteiger partial charge in [-0.25, -0.2) is 13.8 Å². The zero-order chi connectivity index (χ0) is 20.3. The molecule has 146 valence electrons. The maximum absolute atomic E-state index is 13.8. The Kier molecular flexibility index (Phi) is 5.65. The van der Waals surface area contributed by atoms with Crippen molar-refractivity contribution in [2.45, 2.75) is 12.8 Å². The summed E-state index contributed by atoms with van der Waals surface area (Å²) < 4.78 is 27.1. The van der Waals surface area contributed by atoms with E-state index in [-0.39, 0.29) is 53.2 Å². The van der Waals surface area contributed by atoms with Crippen LogP contribution in [0.15, 0.2) is 41.3 Å². The predicted molar refractivity (Wildman–Crippen MR) is 97.8 cm³/mol. The molecule has 0 aliphatic carbocycles. The van der Waals surface area contributed by atoms with Crippen molar-refractivity contribution in [3.8, 4) is 0 Å². The van der Waals surface area contributed by atoms with Gasteiger partial charge in [-0.2, -0.15) is 0 Å². The molecule has 3 N–H and O–H groups in total. The van der Waals surface area contributed by atoms with Gasteiger partial charge in [-0.3, -0.25) is 9.59 Å². The quantitative estimate of drug-likeness (QED) is 0.422. The molecule has 0 aliphatic heterocycles. The van der Waals surface area contributed by atoms with Crippen LogP contribution in [0, 0.1) is 11.6 Å². The second kappa shape index (κ2) is 8.13. The summed E-state index contributed by atoms with van der Waals surface area (Å²) in [5, 5.41) is 22.3. The number of carbonyl (C=O) groups is 1. The maximum Gasteiger partial charge on any atom is 0.297 e. The first-order chi connectivity index (χ1) is 13.4. The molecule has 0 bridgehead atoms. The van der Waals surface area contributed by atoms with E-state index in [0.717, 1.165) is 12.1 Å². The number of fused-ring (bicyclic) bond motifs is 1. The van der Waals surface area contributed by atoms with Crippen LogP contribution in [-0.2, 0) is 6.42 Å². The lowest BCUT2D eigenvalue weighted by Crippen LogP contribution is -2.28. The number of hydrogen-bond donors (Lipinski definition) is 3. The molecule has 0 radical (unpaired) electrons. The van der Waals surface area contributed by atoms with Gasteiger partial charge in [0.15, 0.2) is 11.4 Å². The molecule has 0 amide bonds.